The monoisotopic (exact) mass is 733 g/mol. The highest BCUT2D eigenvalue weighted by Crippen LogP contribution is 2.42. The summed E-state index contributed by atoms with van der Waals surface area (Å²) in [6.07, 6.45) is 1.12. The lowest BCUT2D eigenvalue weighted by Gasteiger charge is -2.16. The average molecular weight is 737 g/mol. The number of amides is 1. The van der Waals surface area contributed by atoms with E-state index >= 15 is 0 Å². The minimum atomic E-state index is -1.28. The van der Waals surface area contributed by atoms with Crippen LogP contribution >= 0.6 is 75.3 Å². The van der Waals surface area contributed by atoms with Gasteiger partial charge in [0.15, 0.2) is 0 Å². The number of aliphatic hydroxyl groups excluding tert-OH is 1. The Morgan fingerprint density at radius 1 is 1.06 bits per heavy atom. The molecule has 7 nitrogen and oxygen atoms in total. The Labute approximate surface area is 229 Å². The second-order valence-corrected chi connectivity index (χ2v) is 10.4. The van der Waals surface area contributed by atoms with Crippen LogP contribution in [-0.2, 0) is 4.74 Å². The van der Waals surface area contributed by atoms with Gasteiger partial charge in [0.25, 0.3) is 5.91 Å². The predicted molar refractivity (Wildman–Crippen MR) is 141 cm³/mol. The van der Waals surface area contributed by atoms with Crippen molar-refractivity contribution in [3.05, 3.63) is 52.2 Å². The molecule has 3 N–H and O–H groups in total. The number of aromatic carboxylic acids is 1. The fraction of sp³-hybridized carbons (Fsp3) is 0.333. The molecule has 0 spiro atoms. The van der Waals surface area contributed by atoms with Crippen molar-refractivity contribution in [1.82, 2.24) is 0 Å². The third kappa shape index (κ3) is 7.65. The number of carbonyl (C=O) groups is 2. The lowest BCUT2D eigenvalue weighted by Crippen LogP contribution is -2.23. The topological polar surface area (TPSA) is 105 Å². The number of anilines is 1. The largest absolute Gasteiger partial charge is 0.489 e. The molecule has 0 fully saturated rings. The zero-order valence-electron chi connectivity index (χ0n) is 17.3. The van der Waals surface area contributed by atoms with E-state index in [-0.39, 0.29) is 38.3 Å². The van der Waals surface area contributed by atoms with E-state index in [4.69, 9.17) is 21.1 Å². The standard InChI is InChI=1S/C21H20Br4ClNO6/c1-2-3-6-32-8-11(28)9-33-13-5-4-10(7-12(13)26)27-20(29)14-15(21(30)31)17(23)19(25)18(24)16(14)22/h4-5,7,11,28H,2-3,6,8-9H2,1H3,(H,27,29)(H,30,31). The van der Waals surface area contributed by atoms with Crippen LogP contribution < -0.4 is 10.1 Å². The maximum Gasteiger partial charge on any atom is 0.337 e. The van der Waals surface area contributed by atoms with Crippen LogP contribution in [0.25, 0.3) is 0 Å². The van der Waals surface area contributed by atoms with Crippen LogP contribution in [0.1, 0.15) is 40.5 Å². The number of halogens is 5. The normalized spacial score (nSPS) is 11.8. The van der Waals surface area contributed by atoms with Gasteiger partial charge >= 0.3 is 5.97 Å². The number of hydrogen-bond donors (Lipinski definition) is 3. The van der Waals surface area contributed by atoms with Crippen molar-refractivity contribution >= 4 is 92.9 Å². The van der Waals surface area contributed by atoms with Crippen LogP contribution in [0.5, 0.6) is 5.75 Å². The first kappa shape index (κ1) is 28.5. The Bertz CT molecular complexity index is 1040. The fourth-order valence-electron chi connectivity index (χ4n) is 2.63. The van der Waals surface area contributed by atoms with Crippen molar-refractivity contribution in [3.8, 4) is 5.75 Å². The summed E-state index contributed by atoms with van der Waals surface area (Å²) in [6.45, 7) is 2.78. The van der Waals surface area contributed by atoms with E-state index in [1.165, 1.54) is 6.07 Å². The molecule has 0 aliphatic carbocycles. The molecule has 0 aromatic heterocycles. The van der Waals surface area contributed by atoms with Gasteiger partial charge in [-0.25, -0.2) is 4.79 Å². The molecule has 1 atom stereocenters. The molecule has 2 aromatic rings. The van der Waals surface area contributed by atoms with Crippen molar-refractivity contribution in [2.24, 2.45) is 0 Å². The van der Waals surface area contributed by atoms with E-state index in [1.807, 2.05) is 0 Å². The molecule has 0 aliphatic heterocycles. The van der Waals surface area contributed by atoms with E-state index in [0.717, 1.165) is 12.8 Å². The quantitative estimate of drug-likeness (QED) is 0.132. The molecule has 0 bridgehead atoms. The van der Waals surface area contributed by atoms with Gasteiger partial charge in [-0.15, -0.1) is 0 Å². The summed E-state index contributed by atoms with van der Waals surface area (Å²) in [5, 5.41) is 22.4. The SMILES string of the molecule is CCCCOCC(O)COc1ccc(NC(=O)c2c(Br)c(Br)c(Br)c(Br)c2C(=O)O)cc1Cl. The Morgan fingerprint density at radius 3 is 2.27 bits per heavy atom. The number of unbranched alkanes of at least 4 members (excludes halogenated alkanes) is 1. The maximum atomic E-state index is 13.0. The number of carboxylic acids is 1. The van der Waals surface area contributed by atoms with Gasteiger partial charge in [0.1, 0.15) is 18.5 Å². The van der Waals surface area contributed by atoms with E-state index in [0.29, 0.717) is 27.0 Å². The Morgan fingerprint density at radius 2 is 1.70 bits per heavy atom. The van der Waals surface area contributed by atoms with Crippen molar-refractivity contribution in [2.75, 3.05) is 25.1 Å². The molecule has 33 heavy (non-hydrogen) atoms. The number of hydrogen-bond acceptors (Lipinski definition) is 5. The van der Waals surface area contributed by atoms with E-state index in [9.17, 15) is 19.8 Å². The summed E-state index contributed by atoms with van der Waals surface area (Å²) < 4.78 is 12.3. The van der Waals surface area contributed by atoms with Crippen molar-refractivity contribution in [3.63, 3.8) is 0 Å². The lowest BCUT2D eigenvalue weighted by atomic mass is 10.1. The summed E-state index contributed by atoms with van der Waals surface area (Å²) in [7, 11) is 0. The van der Waals surface area contributed by atoms with Crippen LogP contribution in [0.2, 0.25) is 5.02 Å². The molecule has 0 saturated carbocycles. The molecule has 12 heteroatoms. The number of rotatable bonds is 11. The molecular formula is C21H20Br4ClNO6. The first-order chi connectivity index (χ1) is 15.6. The van der Waals surface area contributed by atoms with Crippen LogP contribution in [0.15, 0.2) is 36.1 Å². The summed E-state index contributed by atoms with van der Waals surface area (Å²) in [4.78, 5) is 24.8. The lowest BCUT2D eigenvalue weighted by molar-refractivity contribution is 0.0113. The molecule has 0 heterocycles. The number of ether oxygens (including phenoxy) is 2. The number of aliphatic hydroxyl groups is 1. The minimum absolute atomic E-state index is 0.00653. The molecule has 0 saturated heterocycles. The van der Waals surface area contributed by atoms with Crippen LogP contribution in [0.3, 0.4) is 0 Å². The number of carbonyl (C=O) groups excluding carboxylic acids is 1. The molecule has 2 aromatic carbocycles. The van der Waals surface area contributed by atoms with Crippen LogP contribution in [0, 0.1) is 0 Å². The van der Waals surface area contributed by atoms with E-state index in [2.05, 4.69) is 76.0 Å². The first-order valence-electron chi connectivity index (χ1n) is 9.67. The minimum Gasteiger partial charge on any atom is -0.489 e. The van der Waals surface area contributed by atoms with Crippen LogP contribution in [-0.4, -0.2) is 48.0 Å². The van der Waals surface area contributed by atoms with Gasteiger partial charge in [0.05, 0.1) is 22.8 Å². The van der Waals surface area contributed by atoms with Gasteiger partial charge in [-0.3, -0.25) is 4.79 Å². The van der Waals surface area contributed by atoms with Crippen molar-refractivity contribution in [2.45, 2.75) is 25.9 Å². The smallest absolute Gasteiger partial charge is 0.337 e. The zero-order valence-corrected chi connectivity index (χ0v) is 24.4. The average Bonchev–Trinajstić information content (AvgIpc) is 2.76. The summed E-state index contributed by atoms with van der Waals surface area (Å²) in [5.74, 6) is -1.61. The molecular weight excluding hydrogens is 717 g/mol. The first-order valence-corrected chi connectivity index (χ1v) is 13.2. The summed E-state index contributed by atoms with van der Waals surface area (Å²) in [5.41, 5.74) is 0.0435. The number of benzene rings is 2. The van der Waals surface area contributed by atoms with Gasteiger partial charge in [0, 0.05) is 30.2 Å². The predicted octanol–water partition coefficient (Wildman–Crippen LogP) is 6.90. The Balaban J connectivity index is 2.13. The highest BCUT2D eigenvalue weighted by molar-refractivity contribution is 9.15. The maximum absolute atomic E-state index is 13.0. The third-order valence-corrected chi connectivity index (χ3v) is 9.35. The Hall–Kier alpha value is -0.690. The summed E-state index contributed by atoms with van der Waals surface area (Å²) in [6, 6.07) is 4.57. The molecule has 2 rings (SSSR count). The number of nitrogens with one attached hydrogen (secondary N) is 1. The highest BCUT2D eigenvalue weighted by Gasteiger charge is 2.28. The summed E-state index contributed by atoms with van der Waals surface area (Å²) >= 11 is 19.4. The van der Waals surface area contributed by atoms with E-state index in [1.54, 1.807) is 12.1 Å². The highest BCUT2D eigenvalue weighted by atomic mass is 79.9. The molecule has 0 aliphatic rings. The van der Waals surface area contributed by atoms with Gasteiger partial charge in [0.2, 0.25) is 0 Å². The van der Waals surface area contributed by atoms with Gasteiger partial charge in [-0.1, -0.05) is 24.9 Å². The van der Waals surface area contributed by atoms with Gasteiger partial charge < -0.3 is 25.0 Å². The second kappa shape index (κ2) is 13.4. The molecule has 180 valence electrons. The Kier molecular flexibility index (Phi) is 11.6. The number of carboxylic acid groups (broad SMARTS) is 1. The van der Waals surface area contributed by atoms with Gasteiger partial charge in [-0.05, 0) is 88.3 Å². The zero-order chi connectivity index (χ0) is 24.7. The fourth-order valence-corrected chi connectivity index (χ4v) is 5.34. The molecule has 1 unspecified atom stereocenters. The second-order valence-electron chi connectivity index (χ2n) is 6.80. The molecule has 0 radical (unpaired) electrons. The van der Waals surface area contributed by atoms with Crippen molar-refractivity contribution in [1.29, 1.82) is 0 Å². The molecule has 1 amide bonds. The third-order valence-electron chi connectivity index (χ3n) is 4.28. The van der Waals surface area contributed by atoms with Crippen molar-refractivity contribution < 1.29 is 29.3 Å². The van der Waals surface area contributed by atoms with Gasteiger partial charge in [-0.2, -0.15) is 0 Å². The van der Waals surface area contributed by atoms with Crippen LogP contribution in [0.4, 0.5) is 5.69 Å². The van der Waals surface area contributed by atoms with E-state index < -0.39 is 18.0 Å².